The number of hydrogen-bond donors (Lipinski definition) is 0. The van der Waals surface area contributed by atoms with Gasteiger partial charge in [0.25, 0.3) is 5.91 Å². The summed E-state index contributed by atoms with van der Waals surface area (Å²) in [6.07, 6.45) is 3.33. The summed E-state index contributed by atoms with van der Waals surface area (Å²) < 4.78 is 1.09. The van der Waals surface area contributed by atoms with Gasteiger partial charge in [0.1, 0.15) is 0 Å². The van der Waals surface area contributed by atoms with Crippen LogP contribution in [0.15, 0.2) is 42.5 Å². The summed E-state index contributed by atoms with van der Waals surface area (Å²) >= 11 is 7.75. The lowest BCUT2D eigenvalue weighted by Crippen LogP contribution is -2.35. The first-order valence-corrected chi connectivity index (χ1v) is 10.3. The number of aromatic nitrogens is 1. The van der Waals surface area contributed by atoms with Gasteiger partial charge in [0.2, 0.25) is 0 Å². The normalized spacial score (nSPS) is 11.2. The molecule has 1 aromatic heterocycles. The molecule has 0 bridgehead atoms. The number of hydrogen-bond acceptors (Lipinski definition) is 4. The van der Waals surface area contributed by atoms with E-state index in [0.717, 1.165) is 33.0 Å². The Morgan fingerprint density at radius 3 is 2.55 bits per heavy atom. The second-order valence-electron chi connectivity index (χ2n) is 7.00. The van der Waals surface area contributed by atoms with E-state index in [1.54, 1.807) is 28.4 Å². The Hall–Kier alpha value is -1.92. The van der Waals surface area contributed by atoms with Gasteiger partial charge in [-0.2, -0.15) is 0 Å². The summed E-state index contributed by atoms with van der Waals surface area (Å²) in [5.74, 6) is -0.102. The lowest BCUT2D eigenvalue weighted by molar-refractivity contribution is -0.114. The van der Waals surface area contributed by atoms with Crippen molar-refractivity contribution < 1.29 is 4.79 Å². The minimum Gasteiger partial charge on any atom is -0.308 e. The first kappa shape index (κ1) is 23.4. The van der Waals surface area contributed by atoms with Crippen molar-refractivity contribution in [1.82, 2.24) is 9.88 Å². The summed E-state index contributed by atoms with van der Waals surface area (Å²) in [7, 11) is 3.99. The minimum atomic E-state index is -0.102. The molecule has 0 aliphatic rings. The number of benzene rings is 2. The predicted octanol–water partition coefficient (Wildman–Crippen LogP) is 5.60. The van der Waals surface area contributed by atoms with Crippen molar-refractivity contribution in [2.45, 2.75) is 13.8 Å². The monoisotopic (exact) mass is 449 g/mol. The molecule has 0 spiro atoms. The van der Waals surface area contributed by atoms with Crippen molar-refractivity contribution in [3.63, 3.8) is 0 Å². The maximum Gasteiger partial charge on any atom is 0.252 e. The van der Waals surface area contributed by atoms with Crippen LogP contribution in [0.4, 0.5) is 5.13 Å². The van der Waals surface area contributed by atoms with Crippen LogP contribution in [-0.2, 0) is 4.79 Å². The molecule has 0 aliphatic heterocycles. The van der Waals surface area contributed by atoms with Gasteiger partial charge in [-0.25, -0.2) is 4.98 Å². The van der Waals surface area contributed by atoms with Crippen LogP contribution in [0.5, 0.6) is 0 Å². The summed E-state index contributed by atoms with van der Waals surface area (Å²) in [6.45, 7) is 5.47. The molecule has 1 heterocycles. The van der Waals surface area contributed by atoms with Crippen molar-refractivity contribution in [1.29, 1.82) is 0 Å². The maximum atomic E-state index is 13.0. The van der Waals surface area contributed by atoms with Crippen molar-refractivity contribution in [3.8, 4) is 0 Å². The number of fused-ring (bicyclic) bond motifs is 1. The highest BCUT2D eigenvalue weighted by Crippen LogP contribution is 2.32. The van der Waals surface area contributed by atoms with Crippen molar-refractivity contribution >= 4 is 62.7 Å². The second kappa shape index (κ2) is 10.2. The molecule has 0 saturated carbocycles. The fourth-order valence-electron chi connectivity index (χ4n) is 2.79. The van der Waals surface area contributed by atoms with Gasteiger partial charge >= 0.3 is 0 Å². The van der Waals surface area contributed by atoms with Gasteiger partial charge in [-0.05, 0) is 62.8 Å². The minimum absolute atomic E-state index is 0. The van der Waals surface area contributed by atoms with Gasteiger partial charge < -0.3 is 4.90 Å². The fourth-order valence-corrected chi connectivity index (χ4v) is 4.05. The third kappa shape index (κ3) is 5.58. The number of anilines is 1. The van der Waals surface area contributed by atoms with Gasteiger partial charge in [-0.3, -0.25) is 9.69 Å². The van der Waals surface area contributed by atoms with Crippen LogP contribution in [-0.4, -0.2) is 43.0 Å². The van der Waals surface area contributed by atoms with Crippen LogP contribution in [0.3, 0.4) is 0 Å². The molecule has 0 N–H and O–H groups in total. The molecular weight excluding hydrogens is 425 g/mol. The molecule has 0 unspecified atom stereocenters. The van der Waals surface area contributed by atoms with Crippen LogP contribution >= 0.6 is 35.3 Å². The van der Waals surface area contributed by atoms with E-state index in [1.807, 2.05) is 38.4 Å². The SMILES string of the molecule is Cc1ccc2sc(N(CCN(C)C)C(=O)C=Cc3ccccc3Cl)nc2c1C.Cl. The third-order valence-electron chi connectivity index (χ3n) is 4.65. The van der Waals surface area contributed by atoms with E-state index in [4.69, 9.17) is 16.6 Å². The molecular formula is C22H25Cl2N3OS. The summed E-state index contributed by atoms with van der Waals surface area (Å²) in [5, 5.41) is 1.34. The number of rotatable bonds is 6. The zero-order valence-electron chi connectivity index (χ0n) is 17.0. The quantitative estimate of drug-likeness (QED) is 0.459. The number of carbonyl (C=O) groups is 1. The van der Waals surface area contributed by atoms with E-state index < -0.39 is 0 Å². The zero-order chi connectivity index (χ0) is 20.3. The molecule has 0 fully saturated rings. The van der Waals surface area contributed by atoms with Gasteiger partial charge in [-0.15, -0.1) is 12.4 Å². The molecule has 3 aromatic rings. The standard InChI is InChI=1S/C22H24ClN3OS.ClH/c1-15-9-11-19-21(16(15)2)24-22(28-19)26(14-13-25(3)4)20(27)12-10-17-7-5-6-8-18(17)23;/h5-12H,13-14H2,1-4H3;1H. The number of aryl methyl sites for hydroxylation is 2. The first-order chi connectivity index (χ1) is 13.4. The van der Waals surface area contributed by atoms with Crippen LogP contribution < -0.4 is 4.90 Å². The molecule has 154 valence electrons. The van der Waals surface area contributed by atoms with E-state index in [-0.39, 0.29) is 18.3 Å². The van der Waals surface area contributed by atoms with Gasteiger partial charge in [-0.1, -0.05) is 47.2 Å². The smallest absolute Gasteiger partial charge is 0.252 e. The summed E-state index contributed by atoms with van der Waals surface area (Å²) in [5.41, 5.74) is 4.15. The lowest BCUT2D eigenvalue weighted by atomic mass is 10.1. The van der Waals surface area contributed by atoms with Crippen LogP contribution in [0.25, 0.3) is 16.3 Å². The molecule has 0 aliphatic carbocycles. The molecule has 0 radical (unpaired) electrons. The van der Waals surface area contributed by atoms with Crippen LogP contribution in [0.2, 0.25) is 5.02 Å². The number of thiazole rings is 1. The van der Waals surface area contributed by atoms with Crippen LogP contribution in [0.1, 0.15) is 16.7 Å². The zero-order valence-corrected chi connectivity index (χ0v) is 19.4. The fraction of sp³-hybridized carbons (Fsp3) is 0.273. The second-order valence-corrected chi connectivity index (χ2v) is 8.41. The van der Waals surface area contributed by atoms with E-state index in [2.05, 4.69) is 30.9 Å². The van der Waals surface area contributed by atoms with Gasteiger partial charge in [0, 0.05) is 24.2 Å². The van der Waals surface area contributed by atoms with Crippen LogP contribution in [0, 0.1) is 13.8 Å². The predicted molar refractivity (Wildman–Crippen MR) is 128 cm³/mol. The molecule has 1 amide bonds. The highest BCUT2D eigenvalue weighted by atomic mass is 35.5. The third-order valence-corrected chi connectivity index (χ3v) is 6.04. The Kier molecular flexibility index (Phi) is 8.23. The number of nitrogens with zero attached hydrogens (tertiary/aromatic N) is 3. The first-order valence-electron chi connectivity index (χ1n) is 9.12. The molecule has 2 aromatic carbocycles. The van der Waals surface area contributed by atoms with Crippen molar-refractivity contribution in [2.24, 2.45) is 0 Å². The number of likely N-dealkylation sites (N-methyl/N-ethyl adjacent to an activating group) is 1. The molecule has 29 heavy (non-hydrogen) atoms. The lowest BCUT2D eigenvalue weighted by Gasteiger charge is -2.20. The van der Waals surface area contributed by atoms with E-state index in [1.165, 1.54) is 5.56 Å². The average Bonchev–Trinajstić information content (AvgIpc) is 3.09. The van der Waals surface area contributed by atoms with E-state index in [9.17, 15) is 4.79 Å². The number of halogens is 2. The van der Waals surface area contributed by atoms with E-state index in [0.29, 0.717) is 11.6 Å². The molecule has 3 rings (SSSR count). The van der Waals surface area contributed by atoms with E-state index >= 15 is 0 Å². The maximum absolute atomic E-state index is 13.0. The Morgan fingerprint density at radius 1 is 1.14 bits per heavy atom. The highest BCUT2D eigenvalue weighted by Gasteiger charge is 2.19. The molecule has 7 heteroatoms. The molecule has 4 nitrogen and oxygen atoms in total. The Balaban J connectivity index is 0.00000300. The summed E-state index contributed by atoms with van der Waals surface area (Å²) in [6, 6.07) is 11.7. The number of amides is 1. The largest absolute Gasteiger partial charge is 0.308 e. The van der Waals surface area contributed by atoms with Crippen molar-refractivity contribution in [2.75, 3.05) is 32.1 Å². The number of carbonyl (C=O) groups excluding carboxylic acids is 1. The Bertz CT molecular complexity index is 1030. The molecule has 0 saturated heterocycles. The van der Waals surface area contributed by atoms with Gasteiger partial charge in [0.15, 0.2) is 5.13 Å². The molecule has 0 atom stereocenters. The highest BCUT2D eigenvalue weighted by molar-refractivity contribution is 7.22. The average molecular weight is 450 g/mol. The summed E-state index contributed by atoms with van der Waals surface area (Å²) in [4.78, 5) is 21.6. The topological polar surface area (TPSA) is 36.4 Å². The Morgan fingerprint density at radius 2 is 1.86 bits per heavy atom. The van der Waals surface area contributed by atoms with Crippen molar-refractivity contribution in [3.05, 3.63) is 64.2 Å². The van der Waals surface area contributed by atoms with Gasteiger partial charge in [0.05, 0.1) is 10.2 Å². The Labute approximate surface area is 187 Å².